The molecule has 5 heteroatoms. The van der Waals surface area contributed by atoms with Gasteiger partial charge in [0.05, 0.1) is 6.54 Å². The van der Waals surface area contributed by atoms with E-state index < -0.39 is 0 Å². The van der Waals surface area contributed by atoms with Crippen LogP contribution in [0.1, 0.15) is 17.3 Å². The molecule has 0 spiro atoms. The number of hydrogen-bond acceptors (Lipinski definition) is 3. The summed E-state index contributed by atoms with van der Waals surface area (Å²) in [4.78, 5) is 25.6. The smallest absolute Gasteiger partial charge is 0.251 e. The zero-order valence-electron chi connectivity index (χ0n) is 13.4. The maximum absolute atomic E-state index is 12.4. The SMILES string of the molecule is CCN(C(=O)CNc1ccc(C(=O)NC)cc1)c1ccccc1. The number of para-hydroxylation sites is 1. The molecule has 2 rings (SSSR count). The minimum Gasteiger partial charge on any atom is -0.376 e. The number of carbonyl (C=O) groups is 2. The Hall–Kier alpha value is -2.82. The number of nitrogens with one attached hydrogen (secondary N) is 2. The van der Waals surface area contributed by atoms with E-state index in [1.165, 1.54) is 0 Å². The summed E-state index contributed by atoms with van der Waals surface area (Å²) in [7, 11) is 1.59. The largest absolute Gasteiger partial charge is 0.376 e. The predicted octanol–water partition coefficient (Wildman–Crippen LogP) is 2.51. The summed E-state index contributed by atoms with van der Waals surface area (Å²) in [5, 5.41) is 5.66. The van der Waals surface area contributed by atoms with E-state index in [9.17, 15) is 9.59 Å². The summed E-state index contributed by atoms with van der Waals surface area (Å²) in [5.41, 5.74) is 2.27. The van der Waals surface area contributed by atoms with Gasteiger partial charge in [0.25, 0.3) is 5.91 Å². The van der Waals surface area contributed by atoms with Crippen molar-refractivity contribution in [1.82, 2.24) is 5.32 Å². The lowest BCUT2D eigenvalue weighted by Gasteiger charge is -2.21. The number of benzene rings is 2. The zero-order valence-corrected chi connectivity index (χ0v) is 13.4. The average molecular weight is 311 g/mol. The second kappa shape index (κ2) is 7.98. The summed E-state index contributed by atoms with van der Waals surface area (Å²) in [6.45, 7) is 2.76. The molecule has 2 amide bonds. The Morgan fingerprint density at radius 1 is 1.00 bits per heavy atom. The van der Waals surface area contributed by atoms with Crippen LogP contribution in [0.5, 0.6) is 0 Å². The van der Waals surface area contributed by atoms with Crippen molar-refractivity contribution in [2.75, 3.05) is 30.4 Å². The molecule has 0 bridgehead atoms. The number of anilines is 2. The molecule has 2 aromatic rings. The minimum atomic E-state index is -0.131. The van der Waals surface area contributed by atoms with Crippen LogP contribution in [0.4, 0.5) is 11.4 Å². The standard InChI is InChI=1S/C18H21N3O2/c1-3-21(16-7-5-4-6-8-16)17(22)13-20-15-11-9-14(10-12-15)18(23)19-2/h4-12,20H,3,13H2,1-2H3,(H,19,23). The van der Waals surface area contributed by atoms with Crippen molar-refractivity contribution in [1.29, 1.82) is 0 Å². The van der Waals surface area contributed by atoms with Crippen LogP contribution in [0.25, 0.3) is 0 Å². The fraction of sp³-hybridized carbons (Fsp3) is 0.222. The highest BCUT2D eigenvalue weighted by Gasteiger charge is 2.13. The minimum absolute atomic E-state index is 0.00548. The third-order valence-corrected chi connectivity index (χ3v) is 3.50. The molecular formula is C18H21N3O2. The molecule has 0 saturated carbocycles. The molecule has 0 aliphatic carbocycles. The van der Waals surface area contributed by atoms with Gasteiger partial charge in [0.2, 0.25) is 5.91 Å². The Labute approximate surface area is 136 Å². The van der Waals surface area contributed by atoms with Crippen molar-refractivity contribution >= 4 is 23.2 Å². The fourth-order valence-corrected chi connectivity index (χ4v) is 2.27. The molecule has 2 aromatic carbocycles. The van der Waals surface area contributed by atoms with E-state index in [1.807, 2.05) is 37.3 Å². The highest BCUT2D eigenvalue weighted by molar-refractivity contribution is 5.96. The fourth-order valence-electron chi connectivity index (χ4n) is 2.27. The van der Waals surface area contributed by atoms with Gasteiger partial charge in [0.1, 0.15) is 0 Å². The van der Waals surface area contributed by atoms with Crippen LogP contribution in [0, 0.1) is 0 Å². The van der Waals surface area contributed by atoms with E-state index in [0.717, 1.165) is 11.4 Å². The number of amides is 2. The Morgan fingerprint density at radius 2 is 1.65 bits per heavy atom. The van der Waals surface area contributed by atoms with Gasteiger partial charge in [-0.05, 0) is 43.3 Å². The number of carbonyl (C=O) groups excluding carboxylic acids is 2. The molecular weight excluding hydrogens is 290 g/mol. The van der Waals surface area contributed by atoms with Gasteiger partial charge < -0.3 is 15.5 Å². The van der Waals surface area contributed by atoms with Crippen LogP contribution in [-0.2, 0) is 4.79 Å². The summed E-state index contributed by atoms with van der Waals surface area (Å²) < 4.78 is 0. The van der Waals surface area contributed by atoms with Gasteiger partial charge in [-0.25, -0.2) is 0 Å². The lowest BCUT2D eigenvalue weighted by molar-refractivity contribution is -0.116. The lowest BCUT2D eigenvalue weighted by atomic mass is 10.2. The quantitative estimate of drug-likeness (QED) is 0.861. The predicted molar refractivity (Wildman–Crippen MR) is 92.8 cm³/mol. The first-order valence-corrected chi connectivity index (χ1v) is 7.57. The number of hydrogen-bond donors (Lipinski definition) is 2. The molecule has 2 N–H and O–H groups in total. The molecule has 5 nitrogen and oxygen atoms in total. The van der Waals surface area contributed by atoms with Crippen LogP contribution in [0.2, 0.25) is 0 Å². The molecule has 0 aromatic heterocycles. The normalized spacial score (nSPS) is 10.0. The molecule has 0 aliphatic rings. The van der Waals surface area contributed by atoms with Crippen LogP contribution in [0.15, 0.2) is 54.6 Å². The molecule has 23 heavy (non-hydrogen) atoms. The Bertz CT molecular complexity index is 654. The third kappa shape index (κ3) is 4.32. The molecule has 0 aliphatic heterocycles. The van der Waals surface area contributed by atoms with Crippen molar-refractivity contribution in [3.63, 3.8) is 0 Å². The molecule has 0 fully saturated rings. The van der Waals surface area contributed by atoms with Crippen molar-refractivity contribution in [2.24, 2.45) is 0 Å². The highest BCUT2D eigenvalue weighted by atomic mass is 16.2. The summed E-state index contributed by atoms with van der Waals surface area (Å²) in [6, 6.07) is 16.6. The maximum Gasteiger partial charge on any atom is 0.251 e. The molecule has 0 radical (unpaired) electrons. The van der Waals surface area contributed by atoms with Crippen LogP contribution in [-0.4, -0.2) is 32.0 Å². The van der Waals surface area contributed by atoms with Gasteiger partial charge in [-0.3, -0.25) is 9.59 Å². The molecule has 0 saturated heterocycles. The van der Waals surface area contributed by atoms with E-state index in [4.69, 9.17) is 0 Å². The number of likely N-dealkylation sites (N-methyl/N-ethyl adjacent to an activating group) is 1. The second-order valence-electron chi connectivity index (χ2n) is 4.98. The topological polar surface area (TPSA) is 61.4 Å². The van der Waals surface area contributed by atoms with E-state index in [0.29, 0.717) is 12.1 Å². The van der Waals surface area contributed by atoms with Crippen LogP contribution < -0.4 is 15.5 Å². The molecule has 0 unspecified atom stereocenters. The highest BCUT2D eigenvalue weighted by Crippen LogP contribution is 2.14. The lowest BCUT2D eigenvalue weighted by Crippen LogP contribution is -2.35. The average Bonchev–Trinajstić information content (AvgIpc) is 2.61. The van der Waals surface area contributed by atoms with Crippen molar-refractivity contribution < 1.29 is 9.59 Å². The molecule has 120 valence electrons. The van der Waals surface area contributed by atoms with E-state index in [1.54, 1.807) is 36.2 Å². The monoisotopic (exact) mass is 311 g/mol. The Morgan fingerprint density at radius 3 is 2.22 bits per heavy atom. The second-order valence-corrected chi connectivity index (χ2v) is 4.98. The first kappa shape index (κ1) is 16.5. The van der Waals surface area contributed by atoms with E-state index >= 15 is 0 Å². The van der Waals surface area contributed by atoms with Crippen molar-refractivity contribution in [3.05, 3.63) is 60.2 Å². The summed E-state index contributed by atoms with van der Waals surface area (Å²) in [6.07, 6.45) is 0. The van der Waals surface area contributed by atoms with Gasteiger partial charge >= 0.3 is 0 Å². The summed E-state index contributed by atoms with van der Waals surface area (Å²) in [5.74, 6) is -0.136. The number of nitrogens with zero attached hydrogens (tertiary/aromatic N) is 1. The zero-order chi connectivity index (χ0) is 16.7. The van der Waals surface area contributed by atoms with Crippen molar-refractivity contribution in [2.45, 2.75) is 6.92 Å². The van der Waals surface area contributed by atoms with Gasteiger partial charge in [-0.2, -0.15) is 0 Å². The Kier molecular flexibility index (Phi) is 5.74. The third-order valence-electron chi connectivity index (χ3n) is 3.50. The Balaban J connectivity index is 1.97. The van der Waals surface area contributed by atoms with Crippen molar-refractivity contribution in [3.8, 4) is 0 Å². The van der Waals surface area contributed by atoms with Crippen LogP contribution in [0.3, 0.4) is 0 Å². The van der Waals surface area contributed by atoms with Gasteiger partial charge in [0.15, 0.2) is 0 Å². The summed E-state index contributed by atoms with van der Waals surface area (Å²) >= 11 is 0. The maximum atomic E-state index is 12.4. The van der Waals surface area contributed by atoms with Crippen LogP contribution >= 0.6 is 0 Å². The first-order chi connectivity index (χ1) is 11.2. The molecule has 0 heterocycles. The van der Waals surface area contributed by atoms with Gasteiger partial charge in [0, 0.05) is 30.5 Å². The van der Waals surface area contributed by atoms with E-state index in [-0.39, 0.29) is 18.4 Å². The molecule has 0 atom stereocenters. The van der Waals surface area contributed by atoms with Gasteiger partial charge in [-0.1, -0.05) is 18.2 Å². The van der Waals surface area contributed by atoms with E-state index in [2.05, 4.69) is 10.6 Å². The van der Waals surface area contributed by atoms with Gasteiger partial charge in [-0.15, -0.1) is 0 Å². The number of rotatable bonds is 6. The first-order valence-electron chi connectivity index (χ1n) is 7.57.